The summed E-state index contributed by atoms with van der Waals surface area (Å²) < 4.78 is 26.0. The molecule has 0 saturated carbocycles. The fourth-order valence-corrected chi connectivity index (χ4v) is 5.68. The number of rotatable bonds is 5. The van der Waals surface area contributed by atoms with Crippen molar-refractivity contribution < 1.29 is 28.4 Å². The summed E-state index contributed by atoms with van der Waals surface area (Å²) in [6.45, 7) is 25.1. The minimum absolute atomic E-state index is 0.0695. The van der Waals surface area contributed by atoms with Crippen LogP contribution in [0.2, 0.25) is 0 Å². The third kappa shape index (κ3) is 6.80. The predicted octanol–water partition coefficient (Wildman–Crippen LogP) is 6.19. The Hall–Kier alpha value is -2.59. The van der Waals surface area contributed by atoms with Crippen molar-refractivity contribution >= 4 is 41.5 Å². The fourth-order valence-electron chi connectivity index (χ4n) is 5.68. The largest absolute Gasteiger partial charge is 0.513 e. The van der Waals surface area contributed by atoms with Gasteiger partial charge in [-0.3, -0.25) is 9.36 Å². The van der Waals surface area contributed by atoms with Crippen LogP contribution in [0.3, 0.4) is 0 Å². The van der Waals surface area contributed by atoms with E-state index in [4.69, 9.17) is 23.8 Å². The van der Waals surface area contributed by atoms with Crippen LogP contribution in [0.5, 0.6) is 0 Å². The zero-order chi connectivity index (χ0) is 31.4. The number of pyridine rings is 1. The molecule has 232 valence electrons. The molecule has 9 nitrogen and oxygen atoms in total. The van der Waals surface area contributed by atoms with Crippen LogP contribution in [-0.2, 0) is 23.6 Å². The van der Waals surface area contributed by atoms with Gasteiger partial charge in [-0.25, -0.2) is 9.78 Å². The van der Waals surface area contributed by atoms with Crippen LogP contribution in [0.4, 0.5) is 10.6 Å². The van der Waals surface area contributed by atoms with Gasteiger partial charge in [0.2, 0.25) is 0 Å². The predicted molar refractivity (Wildman–Crippen MR) is 167 cm³/mol. The molecule has 2 aliphatic rings. The Morgan fingerprint density at radius 2 is 1.55 bits per heavy atom. The highest BCUT2D eigenvalue weighted by molar-refractivity contribution is 6.63. The lowest BCUT2D eigenvalue weighted by Gasteiger charge is -2.33. The highest BCUT2D eigenvalue weighted by atomic mass is 16.7. The van der Waals surface area contributed by atoms with Gasteiger partial charge in [-0.15, -0.1) is 0 Å². The van der Waals surface area contributed by atoms with Crippen LogP contribution in [0.1, 0.15) is 114 Å². The summed E-state index contributed by atoms with van der Waals surface area (Å²) >= 11 is 0. The van der Waals surface area contributed by atoms with E-state index >= 15 is 0 Å². The van der Waals surface area contributed by atoms with Crippen LogP contribution in [-0.4, -0.2) is 64.2 Å². The topological polar surface area (TPSA) is 92.1 Å². The number of fused-ring (bicyclic) bond motifs is 1. The molecule has 4 heterocycles. The van der Waals surface area contributed by atoms with Gasteiger partial charge in [0, 0.05) is 24.9 Å². The molecule has 0 N–H and O–H groups in total. The van der Waals surface area contributed by atoms with E-state index in [1.54, 1.807) is 10.8 Å². The first kappa shape index (κ1) is 32.3. The van der Waals surface area contributed by atoms with Crippen molar-refractivity contribution in [3.63, 3.8) is 0 Å². The van der Waals surface area contributed by atoms with E-state index in [9.17, 15) is 9.59 Å². The number of esters is 1. The summed E-state index contributed by atoms with van der Waals surface area (Å²) in [4.78, 5) is 33.2. The fraction of sp³-hybridized carbons (Fsp3) is 0.719. The monoisotopic (exact) mass is 583 g/mol. The standard InChI is InChI=1S/C32H50BN3O6/c1-20(2)26-22-18-24(35-15-13-21(14-16-35)17-25(37)39-29(3,4)5)34-19-23(22)36(28(38)40-30(6,7)8)27(26)33-41-31(9,10)32(11,12)42-33/h18-21H,13-17H2,1-12H3. The minimum Gasteiger partial charge on any atom is -0.460 e. The summed E-state index contributed by atoms with van der Waals surface area (Å²) in [6, 6.07) is 2.08. The average Bonchev–Trinajstić information content (AvgIpc) is 3.27. The summed E-state index contributed by atoms with van der Waals surface area (Å²) in [5.74, 6) is 1.07. The van der Waals surface area contributed by atoms with Crippen LogP contribution in [0.15, 0.2) is 12.3 Å². The van der Waals surface area contributed by atoms with Crippen LogP contribution in [0, 0.1) is 5.92 Å². The van der Waals surface area contributed by atoms with E-state index in [1.165, 1.54) is 0 Å². The molecule has 0 atom stereocenters. The molecule has 2 saturated heterocycles. The van der Waals surface area contributed by atoms with Gasteiger partial charge in [-0.05, 0) is 106 Å². The summed E-state index contributed by atoms with van der Waals surface area (Å²) in [5.41, 5.74) is -0.0000165. The lowest BCUT2D eigenvalue weighted by molar-refractivity contribution is -0.156. The smallest absolute Gasteiger partial charge is 0.460 e. The maximum absolute atomic E-state index is 13.8. The highest BCUT2D eigenvalue weighted by Gasteiger charge is 2.54. The van der Waals surface area contributed by atoms with Crippen molar-refractivity contribution in [2.45, 2.75) is 131 Å². The number of nitrogens with zero attached hydrogens (tertiary/aromatic N) is 3. The van der Waals surface area contributed by atoms with Gasteiger partial charge in [0.15, 0.2) is 0 Å². The number of piperidine rings is 1. The van der Waals surface area contributed by atoms with Crippen molar-refractivity contribution in [1.82, 2.24) is 9.55 Å². The molecule has 2 aromatic heterocycles. The lowest BCUT2D eigenvalue weighted by atomic mass is 9.78. The second-order valence-corrected chi connectivity index (χ2v) is 15.1. The van der Waals surface area contributed by atoms with Crippen LogP contribution in [0.25, 0.3) is 10.9 Å². The molecule has 0 aromatic carbocycles. The van der Waals surface area contributed by atoms with Crippen molar-refractivity contribution in [3.05, 3.63) is 17.8 Å². The van der Waals surface area contributed by atoms with Gasteiger partial charge in [0.1, 0.15) is 17.0 Å². The maximum atomic E-state index is 13.8. The SMILES string of the molecule is CC(C)c1c(B2OC(C)(C)C(C)(C)O2)n(C(=O)OC(C)(C)C)c2cnc(N3CCC(CC(=O)OC(C)(C)C)CC3)cc12. The average molecular weight is 584 g/mol. The summed E-state index contributed by atoms with van der Waals surface area (Å²) in [7, 11) is -0.751. The minimum atomic E-state index is -0.751. The first-order chi connectivity index (χ1) is 19.2. The Morgan fingerprint density at radius 1 is 1.00 bits per heavy atom. The normalized spacial score (nSPS) is 19.5. The third-order valence-corrected chi connectivity index (χ3v) is 8.36. The zero-order valence-corrected chi connectivity index (χ0v) is 27.7. The van der Waals surface area contributed by atoms with Gasteiger partial charge < -0.3 is 23.7 Å². The highest BCUT2D eigenvalue weighted by Crippen LogP contribution is 2.39. The second kappa shape index (κ2) is 11.2. The molecule has 4 rings (SSSR count). The molecule has 2 aliphatic heterocycles. The van der Waals surface area contributed by atoms with Crippen molar-refractivity contribution in [2.24, 2.45) is 5.92 Å². The van der Waals surface area contributed by atoms with Gasteiger partial charge >= 0.3 is 19.2 Å². The Balaban J connectivity index is 1.71. The second-order valence-electron chi connectivity index (χ2n) is 15.1. The molecule has 0 amide bonds. The summed E-state index contributed by atoms with van der Waals surface area (Å²) in [5, 5.41) is 0.932. The number of hydrogen-bond donors (Lipinski definition) is 0. The number of carbonyl (C=O) groups excluding carboxylic acids is 2. The Kier molecular flexibility index (Phi) is 8.59. The first-order valence-electron chi connectivity index (χ1n) is 15.3. The van der Waals surface area contributed by atoms with Gasteiger partial charge in [0.25, 0.3) is 0 Å². The van der Waals surface area contributed by atoms with E-state index in [1.807, 2.05) is 69.2 Å². The molecule has 2 aromatic rings. The van der Waals surface area contributed by atoms with Crippen LogP contribution >= 0.6 is 0 Å². The van der Waals surface area contributed by atoms with E-state index in [0.717, 1.165) is 42.7 Å². The molecule has 0 bridgehead atoms. The number of hydrogen-bond acceptors (Lipinski definition) is 8. The van der Waals surface area contributed by atoms with Gasteiger partial charge in [-0.2, -0.15) is 0 Å². The third-order valence-electron chi connectivity index (χ3n) is 8.36. The zero-order valence-electron chi connectivity index (χ0n) is 27.7. The lowest BCUT2D eigenvalue weighted by Crippen LogP contribution is -2.45. The molecule has 0 spiro atoms. The molecule has 10 heteroatoms. The van der Waals surface area contributed by atoms with E-state index < -0.39 is 35.6 Å². The maximum Gasteiger partial charge on any atom is 0.513 e. The number of ether oxygens (including phenoxy) is 2. The van der Waals surface area contributed by atoms with E-state index in [-0.39, 0.29) is 17.8 Å². The van der Waals surface area contributed by atoms with Crippen molar-refractivity contribution in [1.29, 1.82) is 0 Å². The quantitative estimate of drug-likeness (QED) is 0.304. The van der Waals surface area contributed by atoms with Crippen molar-refractivity contribution in [2.75, 3.05) is 18.0 Å². The molecule has 2 fully saturated rings. The number of aromatic nitrogens is 2. The first-order valence-corrected chi connectivity index (χ1v) is 15.3. The summed E-state index contributed by atoms with van der Waals surface area (Å²) in [6.07, 6.45) is 3.48. The Morgan fingerprint density at radius 3 is 2.05 bits per heavy atom. The molecule has 0 radical (unpaired) electrons. The van der Waals surface area contributed by atoms with Crippen molar-refractivity contribution in [3.8, 4) is 0 Å². The van der Waals surface area contributed by atoms with E-state index in [2.05, 4.69) is 24.8 Å². The Bertz CT molecular complexity index is 1310. The van der Waals surface area contributed by atoms with Gasteiger partial charge in [0.05, 0.1) is 28.5 Å². The molecule has 0 aliphatic carbocycles. The molecular formula is C32H50BN3O6. The van der Waals surface area contributed by atoms with Crippen LogP contribution < -0.4 is 10.5 Å². The van der Waals surface area contributed by atoms with Gasteiger partial charge in [-0.1, -0.05) is 13.8 Å². The molecule has 0 unspecified atom stereocenters. The Labute approximate surface area is 251 Å². The number of carbonyl (C=O) groups is 2. The molecule has 42 heavy (non-hydrogen) atoms. The molecular weight excluding hydrogens is 533 g/mol. The van der Waals surface area contributed by atoms with E-state index in [0.29, 0.717) is 17.5 Å². The number of anilines is 1.